The summed E-state index contributed by atoms with van der Waals surface area (Å²) < 4.78 is 7.86. The van der Waals surface area contributed by atoms with Crippen molar-refractivity contribution >= 4 is 28.6 Å². The minimum atomic E-state index is 0.168. The molecule has 0 amide bonds. The van der Waals surface area contributed by atoms with Gasteiger partial charge in [0.25, 0.3) is 0 Å². The maximum Gasteiger partial charge on any atom is 0.166 e. The number of hydrogen-bond donors (Lipinski definition) is 0. The highest BCUT2D eigenvalue weighted by Gasteiger charge is 2.29. The molecular formula is C20H24ClN7O. The minimum Gasteiger partial charge on any atom is -0.379 e. The van der Waals surface area contributed by atoms with E-state index < -0.39 is 0 Å². The van der Waals surface area contributed by atoms with E-state index in [2.05, 4.69) is 26.4 Å². The molecule has 5 heterocycles. The molecule has 2 aliphatic rings. The Morgan fingerprint density at radius 2 is 1.97 bits per heavy atom. The van der Waals surface area contributed by atoms with Crippen LogP contribution in [-0.2, 0) is 4.74 Å². The summed E-state index contributed by atoms with van der Waals surface area (Å²) >= 11 is 6.52. The molecular weight excluding hydrogens is 390 g/mol. The van der Waals surface area contributed by atoms with Crippen LogP contribution in [0.2, 0.25) is 5.02 Å². The van der Waals surface area contributed by atoms with Gasteiger partial charge in [-0.05, 0) is 26.5 Å². The number of hydrogen-bond acceptors (Lipinski definition) is 7. The van der Waals surface area contributed by atoms with Crippen LogP contribution >= 0.6 is 11.6 Å². The number of aryl methyl sites for hydroxylation is 1. The fourth-order valence-corrected chi connectivity index (χ4v) is 4.30. The Morgan fingerprint density at radius 3 is 2.69 bits per heavy atom. The van der Waals surface area contributed by atoms with E-state index in [0.29, 0.717) is 11.6 Å². The lowest BCUT2D eigenvalue weighted by atomic mass is 10.2. The zero-order valence-electron chi connectivity index (χ0n) is 16.7. The maximum atomic E-state index is 6.52. The standard InChI is InChI=1S/C20H24ClN7O/c1-13-23-19(27-8-6-26(2)7-9-27)17-20(24-13)28(14-4-10-29-12-14)18(25-17)15-11-22-5-3-16(15)21/h3,5,11,14H,4,6-10,12H2,1-2H3. The Hall–Kier alpha value is -2.29. The zero-order valence-corrected chi connectivity index (χ0v) is 17.4. The van der Waals surface area contributed by atoms with Crippen LogP contribution in [0.1, 0.15) is 18.3 Å². The highest BCUT2D eigenvalue weighted by molar-refractivity contribution is 6.33. The molecule has 3 aromatic rings. The van der Waals surface area contributed by atoms with Crippen LogP contribution in [0.4, 0.5) is 5.82 Å². The molecule has 1 atom stereocenters. The molecule has 3 aromatic heterocycles. The van der Waals surface area contributed by atoms with E-state index in [9.17, 15) is 0 Å². The van der Waals surface area contributed by atoms with E-state index in [1.54, 1.807) is 18.5 Å². The minimum absolute atomic E-state index is 0.168. The van der Waals surface area contributed by atoms with Crippen molar-refractivity contribution in [2.24, 2.45) is 0 Å². The van der Waals surface area contributed by atoms with E-state index in [1.807, 2.05) is 6.92 Å². The number of piperazine rings is 1. The van der Waals surface area contributed by atoms with E-state index in [0.717, 1.165) is 73.4 Å². The molecule has 29 heavy (non-hydrogen) atoms. The predicted octanol–water partition coefficient (Wildman–Crippen LogP) is 2.56. The van der Waals surface area contributed by atoms with Gasteiger partial charge in [0.1, 0.15) is 11.6 Å². The molecule has 152 valence electrons. The smallest absolute Gasteiger partial charge is 0.166 e. The van der Waals surface area contributed by atoms with E-state index in [4.69, 9.17) is 31.3 Å². The second-order valence-electron chi connectivity index (χ2n) is 7.74. The molecule has 0 saturated carbocycles. The van der Waals surface area contributed by atoms with Gasteiger partial charge in [-0.1, -0.05) is 11.6 Å². The Labute approximate surface area is 174 Å². The van der Waals surface area contributed by atoms with Crippen LogP contribution in [0.3, 0.4) is 0 Å². The molecule has 2 fully saturated rings. The van der Waals surface area contributed by atoms with Gasteiger partial charge in [-0.25, -0.2) is 15.0 Å². The van der Waals surface area contributed by atoms with Crippen molar-refractivity contribution in [3.05, 3.63) is 29.3 Å². The first-order valence-electron chi connectivity index (χ1n) is 9.99. The number of imidazole rings is 1. The van der Waals surface area contributed by atoms with Crippen LogP contribution in [0.25, 0.3) is 22.6 Å². The molecule has 0 aromatic carbocycles. The Morgan fingerprint density at radius 1 is 1.14 bits per heavy atom. The molecule has 0 spiro atoms. The number of pyridine rings is 1. The second kappa shape index (κ2) is 7.51. The molecule has 0 N–H and O–H groups in total. The molecule has 8 nitrogen and oxygen atoms in total. The largest absolute Gasteiger partial charge is 0.379 e. The van der Waals surface area contributed by atoms with Crippen molar-refractivity contribution in [2.75, 3.05) is 51.3 Å². The van der Waals surface area contributed by atoms with Gasteiger partial charge in [0, 0.05) is 45.2 Å². The average Bonchev–Trinajstić information content (AvgIpc) is 3.36. The fourth-order valence-electron chi connectivity index (χ4n) is 4.11. The van der Waals surface area contributed by atoms with Crippen LogP contribution in [0.15, 0.2) is 18.5 Å². The van der Waals surface area contributed by atoms with Crippen LogP contribution < -0.4 is 4.90 Å². The summed E-state index contributed by atoms with van der Waals surface area (Å²) in [6.07, 6.45) is 4.38. The summed E-state index contributed by atoms with van der Waals surface area (Å²) in [5, 5.41) is 0.626. The molecule has 0 aliphatic carbocycles. The third kappa shape index (κ3) is 3.35. The summed E-state index contributed by atoms with van der Waals surface area (Å²) in [6, 6.07) is 1.96. The van der Waals surface area contributed by atoms with Crippen molar-refractivity contribution < 1.29 is 4.74 Å². The lowest BCUT2D eigenvalue weighted by molar-refractivity contribution is 0.187. The van der Waals surface area contributed by atoms with Gasteiger partial charge in [-0.3, -0.25) is 4.98 Å². The van der Waals surface area contributed by atoms with Crippen molar-refractivity contribution in [1.29, 1.82) is 0 Å². The summed E-state index contributed by atoms with van der Waals surface area (Å²) in [5.74, 6) is 2.43. The Kier molecular flexibility index (Phi) is 4.85. The molecule has 0 bridgehead atoms. The highest BCUT2D eigenvalue weighted by Crippen LogP contribution is 2.36. The maximum absolute atomic E-state index is 6.52. The van der Waals surface area contributed by atoms with E-state index in [1.165, 1.54) is 0 Å². The fraction of sp³-hybridized carbons (Fsp3) is 0.500. The molecule has 1 unspecified atom stereocenters. The van der Waals surface area contributed by atoms with Gasteiger partial charge in [-0.15, -0.1) is 0 Å². The van der Waals surface area contributed by atoms with Crippen LogP contribution in [-0.4, -0.2) is 75.8 Å². The topological polar surface area (TPSA) is 72.2 Å². The van der Waals surface area contributed by atoms with Crippen molar-refractivity contribution in [2.45, 2.75) is 19.4 Å². The van der Waals surface area contributed by atoms with Gasteiger partial charge in [0.05, 0.1) is 23.2 Å². The third-order valence-corrected chi connectivity index (χ3v) is 6.05. The van der Waals surface area contributed by atoms with Crippen molar-refractivity contribution in [1.82, 2.24) is 29.4 Å². The van der Waals surface area contributed by atoms with Crippen LogP contribution in [0, 0.1) is 6.92 Å². The normalized spacial score (nSPS) is 20.7. The van der Waals surface area contributed by atoms with E-state index in [-0.39, 0.29) is 6.04 Å². The zero-order chi connectivity index (χ0) is 20.0. The number of nitrogens with zero attached hydrogens (tertiary/aromatic N) is 7. The van der Waals surface area contributed by atoms with Gasteiger partial charge in [0.2, 0.25) is 0 Å². The number of anilines is 1. The lowest BCUT2D eigenvalue weighted by Gasteiger charge is -2.33. The molecule has 2 aliphatic heterocycles. The number of halogens is 1. The average molecular weight is 414 g/mol. The highest BCUT2D eigenvalue weighted by atomic mass is 35.5. The van der Waals surface area contributed by atoms with Gasteiger partial charge < -0.3 is 19.1 Å². The first-order chi connectivity index (χ1) is 14.1. The SMILES string of the molecule is Cc1nc(N2CCN(C)CC2)c2nc(-c3cnccc3Cl)n(C3CCOC3)c2n1. The molecule has 0 radical (unpaired) electrons. The van der Waals surface area contributed by atoms with Gasteiger partial charge >= 0.3 is 0 Å². The lowest BCUT2D eigenvalue weighted by Crippen LogP contribution is -2.45. The van der Waals surface area contributed by atoms with Crippen molar-refractivity contribution in [3.63, 3.8) is 0 Å². The molecule has 9 heteroatoms. The summed E-state index contributed by atoms with van der Waals surface area (Å²) in [4.78, 5) is 23.5. The monoisotopic (exact) mass is 413 g/mol. The molecule has 5 rings (SSSR count). The van der Waals surface area contributed by atoms with Crippen LogP contribution in [0.5, 0.6) is 0 Å². The number of fused-ring (bicyclic) bond motifs is 1. The first-order valence-corrected chi connectivity index (χ1v) is 10.4. The third-order valence-electron chi connectivity index (χ3n) is 5.72. The molecule has 2 saturated heterocycles. The summed E-state index contributed by atoms with van der Waals surface area (Å²) in [5.41, 5.74) is 2.47. The second-order valence-corrected chi connectivity index (χ2v) is 8.14. The van der Waals surface area contributed by atoms with E-state index >= 15 is 0 Å². The summed E-state index contributed by atoms with van der Waals surface area (Å²) in [7, 11) is 2.15. The van der Waals surface area contributed by atoms with Crippen molar-refractivity contribution in [3.8, 4) is 11.4 Å². The Balaban J connectivity index is 1.73. The number of aromatic nitrogens is 5. The summed E-state index contributed by atoms with van der Waals surface area (Å²) in [6.45, 7) is 7.17. The number of likely N-dealkylation sites (N-methyl/N-ethyl adjacent to an activating group) is 1. The first kappa shape index (κ1) is 18.7. The van der Waals surface area contributed by atoms with Gasteiger partial charge in [0.15, 0.2) is 17.0 Å². The predicted molar refractivity (Wildman–Crippen MR) is 112 cm³/mol. The Bertz CT molecular complexity index is 1040. The quantitative estimate of drug-likeness (QED) is 0.653. The number of ether oxygens (including phenoxy) is 1. The van der Waals surface area contributed by atoms with Gasteiger partial charge in [-0.2, -0.15) is 0 Å². The number of rotatable bonds is 3.